The molecule has 0 spiro atoms. The van der Waals surface area contributed by atoms with Crippen LogP contribution in [0, 0.1) is 0 Å². The molecule has 6 heteroatoms. The van der Waals surface area contributed by atoms with Crippen molar-refractivity contribution in [1.82, 2.24) is 0 Å². The highest BCUT2D eigenvalue weighted by molar-refractivity contribution is 7.99. The summed E-state index contributed by atoms with van der Waals surface area (Å²) < 4.78 is 5.33. The third-order valence-corrected chi connectivity index (χ3v) is 3.82. The minimum absolute atomic E-state index is 0.467. The average molecular weight is 270 g/mol. The summed E-state index contributed by atoms with van der Waals surface area (Å²) in [4.78, 5) is 12.4. The van der Waals surface area contributed by atoms with E-state index in [4.69, 9.17) is 9.84 Å². The summed E-state index contributed by atoms with van der Waals surface area (Å²) in [5.74, 6) is -0.714. The number of aliphatic hydroxyl groups excluding tert-OH is 3. The quantitative estimate of drug-likeness (QED) is 0.704. The monoisotopic (exact) mass is 270 g/mol. The summed E-state index contributed by atoms with van der Waals surface area (Å²) in [7, 11) is 0. The maximum absolute atomic E-state index is 11.6. The van der Waals surface area contributed by atoms with Gasteiger partial charge in [-0.15, -0.1) is 0 Å². The van der Waals surface area contributed by atoms with Gasteiger partial charge in [-0.05, 0) is 12.1 Å². The lowest BCUT2D eigenvalue weighted by Gasteiger charge is -2.34. The van der Waals surface area contributed by atoms with Gasteiger partial charge in [-0.25, -0.2) is 0 Å². The van der Waals surface area contributed by atoms with E-state index in [0.717, 1.165) is 4.90 Å². The van der Waals surface area contributed by atoms with Crippen LogP contribution in [-0.2, 0) is 9.53 Å². The van der Waals surface area contributed by atoms with Gasteiger partial charge in [-0.2, -0.15) is 0 Å². The molecule has 1 saturated heterocycles. The molecular formula is C12H14O5S. The van der Waals surface area contributed by atoms with Gasteiger partial charge in [0.2, 0.25) is 0 Å². The van der Waals surface area contributed by atoms with Crippen molar-refractivity contribution in [2.24, 2.45) is 0 Å². The molecule has 1 fully saturated rings. The number of hydrogen-bond acceptors (Lipinski definition) is 6. The normalized spacial score (nSPS) is 32.5. The first-order valence-electron chi connectivity index (χ1n) is 5.51. The van der Waals surface area contributed by atoms with Crippen molar-refractivity contribution in [1.29, 1.82) is 0 Å². The molecule has 3 N–H and O–H groups in total. The molecule has 0 aliphatic carbocycles. The summed E-state index contributed by atoms with van der Waals surface area (Å²) in [6.45, 7) is -0.467. The highest BCUT2D eigenvalue weighted by atomic mass is 32.2. The predicted octanol–water partition coefficient (Wildman–Crippen LogP) is -0.213. The molecular weight excluding hydrogens is 256 g/mol. The van der Waals surface area contributed by atoms with E-state index in [1.165, 1.54) is 11.8 Å². The molecule has 0 amide bonds. The number of Topliss-reactive ketones (excluding diaryl/α,β-unsaturated/α-hetero) is 1. The summed E-state index contributed by atoms with van der Waals surface area (Å²) in [5, 5.41) is 28.3. The van der Waals surface area contributed by atoms with E-state index in [0.29, 0.717) is 0 Å². The van der Waals surface area contributed by atoms with Gasteiger partial charge in [0.15, 0.2) is 11.9 Å². The molecule has 1 aromatic carbocycles. The van der Waals surface area contributed by atoms with Crippen LogP contribution < -0.4 is 0 Å². The Morgan fingerprint density at radius 2 is 1.83 bits per heavy atom. The van der Waals surface area contributed by atoms with Crippen LogP contribution in [0.15, 0.2) is 35.2 Å². The number of ketones is 1. The van der Waals surface area contributed by atoms with Gasteiger partial charge in [0, 0.05) is 4.90 Å². The Labute approximate surface area is 108 Å². The number of thioether (sulfide) groups is 1. The fourth-order valence-electron chi connectivity index (χ4n) is 1.68. The zero-order chi connectivity index (χ0) is 13.1. The Balaban J connectivity index is 2.10. The number of carbonyl (C=O) groups excluding carboxylic acids is 1. The number of aliphatic hydroxyl groups is 3. The smallest absolute Gasteiger partial charge is 0.195 e. The van der Waals surface area contributed by atoms with Crippen LogP contribution in [0.1, 0.15) is 0 Å². The van der Waals surface area contributed by atoms with E-state index in [2.05, 4.69) is 0 Å². The minimum Gasteiger partial charge on any atom is -0.394 e. The standard InChI is InChI=1S/C12H14O5S/c13-6-8-9(14)10(15)11(16)12(17-8)18-7-4-2-1-3-5-7/h1-5,8-9,11-14,16H,6H2/t8?,9-,11+,12+/m1/s1. The van der Waals surface area contributed by atoms with Crippen molar-refractivity contribution in [3.05, 3.63) is 30.3 Å². The summed E-state index contributed by atoms with van der Waals surface area (Å²) in [5.41, 5.74) is -0.819. The number of ether oxygens (including phenoxy) is 1. The molecule has 4 atom stereocenters. The second-order valence-corrected chi connectivity index (χ2v) is 5.12. The van der Waals surface area contributed by atoms with Crippen molar-refractivity contribution in [2.45, 2.75) is 28.6 Å². The van der Waals surface area contributed by atoms with Crippen LogP contribution in [0.4, 0.5) is 0 Å². The molecule has 1 aromatic rings. The zero-order valence-corrected chi connectivity index (χ0v) is 10.3. The predicted molar refractivity (Wildman–Crippen MR) is 65.1 cm³/mol. The molecule has 2 rings (SSSR count). The van der Waals surface area contributed by atoms with E-state index in [1.807, 2.05) is 30.3 Å². The van der Waals surface area contributed by atoms with Crippen molar-refractivity contribution < 1.29 is 24.9 Å². The van der Waals surface area contributed by atoms with Crippen LogP contribution in [-0.4, -0.2) is 51.5 Å². The van der Waals surface area contributed by atoms with Gasteiger partial charge in [-0.1, -0.05) is 30.0 Å². The molecule has 98 valence electrons. The summed E-state index contributed by atoms with van der Waals surface area (Å²) in [6, 6.07) is 9.16. The third kappa shape index (κ3) is 2.73. The van der Waals surface area contributed by atoms with Gasteiger partial charge in [-0.3, -0.25) is 4.79 Å². The van der Waals surface area contributed by atoms with Crippen molar-refractivity contribution >= 4 is 17.5 Å². The lowest BCUT2D eigenvalue weighted by Crippen LogP contribution is -2.54. The zero-order valence-electron chi connectivity index (χ0n) is 9.47. The van der Waals surface area contributed by atoms with Crippen molar-refractivity contribution in [2.75, 3.05) is 6.61 Å². The van der Waals surface area contributed by atoms with E-state index < -0.39 is 36.1 Å². The molecule has 18 heavy (non-hydrogen) atoms. The first-order chi connectivity index (χ1) is 8.63. The number of hydrogen-bond donors (Lipinski definition) is 3. The maximum Gasteiger partial charge on any atom is 0.195 e. The second kappa shape index (κ2) is 5.81. The van der Waals surface area contributed by atoms with Crippen LogP contribution in [0.3, 0.4) is 0 Å². The Morgan fingerprint density at radius 1 is 1.17 bits per heavy atom. The highest BCUT2D eigenvalue weighted by Gasteiger charge is 2.43. The van der Waals surface area contributed by atoms with E-state index >= 15 is 0 Å². The number of carbonyl (C=O) groups is 1. The van der Waals surface area contributed by atoms with Gasteiger partial charge < -0.3 is 20.1 Å². The van der Waals surface area contributed by atoms with Gasteiger partial charge >= 0.3 is 0 Å². The second-order valence-electron chi connectivity index (χ2n) is 3.95. The van der Waals surface area contributed by atoms with E-state index in [9.17, 15) is 15.0 Å². The first-order valence-corrected chi connectivity index (χ1v) is 6.39. The summed E-state index contributed by atoms with van der Waals surface area (Å²) in [6.07, 6.45) is -3.85. The molecule has 1 aliphatic heterocycles. The van der Waals surface area contributed by atoms with Crippen molar-refractivity contribution in [3.8, 4) is 0 Å². The molecule has 1 heterocycles. The van der Waals surface area contributed by atoms with Gasteiger partial charge in [0.1, 0.15) is 17.6 Å². The Hall–Kier alpha value is -0.920. The molecule has 0 saturated carbocycles. The SMILES string of the molecule is O=C1[C@H](O)C(CO)O[C@@H](Sc2ccccc2)[C@H]1O. The van der Waals surface area contributed by atoms with E-state index in [-0.39, 0.29) is 0 Å². The largest absolute Gasteiger partial charge is 0.394 e. The van der Waals surface area contributed by atoms with Crippen LogP contribution in [0.2, 0.25) is 0 Å². The van der Waals surface area contributed by atoms with Crippen LogP contribution >= 0.6 is 11.8 Å². The fourth-order valence-corrected chi connectivity index (χ4v) is 2.73. The Bertz CT molecular complexity index is 410. The summed E-state index contributed by atoms with van der Waals surface area (Å²) >= 11 is 1.18. The minimum atomic E-state index is -1.47. The van der Waals surface area contributed by atoms with Crippen LogP contribution in [0.25, 0.3) is 0 Å². The molecule has 0 bridgehead atoms. The topological polar surface area (TPSA) is 87.0 Å². The van der Waals surface area contributed by atoms with E-state index in [1.54, 1.807) is 0 Å². The molecule has 0 radical (unpaired) electrons. The molecule has 1 unspecified atom stereocenters. The van der Waals surface area contributed by atoms with Crippen LogP contribution in [0.5, 0.6) is 0 Å². The lowest BCUT2D eigenvalue weighted by atomic mass is 10.0. The Morgan fingerprint density at radius 3 is 2.44 bits per heavy atom. The molecule has 5 nitrogen and oxygen atoms in total. The third-order valence-electron chi connectivity index (χ3n) is 2.68. The maximum atomic E-state index is 11.6. The van der Waals surface area contributed by atoms with Crippen molar-refractivity contribution in [3.63, 3.8) is 0 Å². The Kier molecular flexibility index (Phi) is 4.36. The molecule has 0 aromatic heterocycles. The highest BCUT2D eigenvalue weighted by Crippen LogP contribution is 2.31. The number of rotatable bonds is 3. The number of benzene rings is 1. The fraction of sp³-hybridized carbons (Fsp3) is 0.417. The molecule has 1 aliphatic rings. The first kappa shape index (κ1) is 13.5. The average Bonchev–Trinajstić information content (AvgIpc) is 2.40. The lowest BCUT2D eigenvalue weighted by molar-refractivity contribution is -0.173. The van der Waals surface area contributed by atoms with Gasteiger partial charge in [0.25, 0.3) is 0 Å². The van der Waals surface area contributed by atoms with Gasteiger partial charge in [0.05, 0.1) is 6.61 Å².